The van der Waals surface area contributed by atoms with Crippen LogP contribution in [0, 0.1) is 0 Å². The molecule has 0 saturated carbocycles. The van der Waals surface area contributed by atoms with Crippen molar-refractivity contribution in [3.63, 3.8) is 0 Å². The highest BCUT2D eigenvalue weighted by atomic mass is 16.6. The molecule has 1 heterocycles. The normalized spacial score (nSPS) is 15.6. The minimum Gasteiger partial charge on any atom is -0.482 e. The summed E-state index contributed by atoms with van der Waals surface area (Å²) in [4.78, 5) is 21.1. The van der Waals surface area contributed by atoms with E-state index in [9.17, 15) is 4.79 Å². The Kier molecular flexibility index (Phi) is 7.15. The van der Waals surface area contributed by atoms with Crippen LogP contribution >= 0.6 is 0 Å². The lowest BCUT2D eigenvalue weighted by molar-refractivity contribution is -0.139. The number of aliphatic carboxylic acids is 1. The standard InChI is InChI=1S/C26H26N2O4/c29-26(30)18-31-25-13-5-11-22-21(10-4-12-23(22)25)17-32-28-24(20-8-2-1-3-9-20)15-19-7-6-14-27-16-19/h1-3,5-9,11,13-16,21,28H,4,10,12,17-18H2,(H,29,30). The van der Waals surface area contributed by atoms with Crippen molar-refractivity contribution in [2.45, 2.75) is 25.2 Å². The molecule has 0 aliphatic heterocycles. The summed E-state index contributed by atoms with van der Waals surface area (Å²) in [6.45, 7) is 0.158. The molecule has 3 aromatic rings. The number of benzene rings is 2. The molecule has 0 saturated heterocycles. The summed E-state index contributed by atoms with van der Waals surface area (Å²) >= 11 is 0. The Labute approximate surface area is 187 Å². The first kappa shape index (κ1) is 21.6. The fourth-order valence-corrected chi connectivity index (χ4v) is 4.00. The van der Waals surface area contributed by atoms with Crippen molar-refractivity contribution in [2.24, 2.45) is 0 Å². The molecule has 1 unspecified atom stereocenters. The molecule has 2 aromatic carbocycles. The van der Waals surface area contributed by atoms with E-state index in [1.165, 1.54) is 5.56 Å². The van der Waals surface area contributed by atoms with Crippen molar-refractivity contribution in [1.82, 2.24) is 10.5 Å². The van der Waals surface area contributed by atoms with Crippen LogP contribution in [0.15, 0.2) is 73.1 Å². The Hall–Kier alpha value is -3.64. The highest BCUT2D eigenvalue weighted by Crippen LogP contribution is 2.36. The van der Waals surface area contributed by atoms with Gasteiger partial charge in [-0.3, -0.25) is 15.3 Å². The summed E-state index contributed by atoms with van der Waals surface area (Å²) < 4.78 is 5.51. The minimum atomic E-state index is -0.976. The van der Waals surface area contributed by atoms with Gasteiger partial charge in [-0.1, -0.05) is 48.5 Å². The second-order valence-electron chi connectivity index (χ2n) is 7.72. The first-order valence-electron chi connectivity index (χ1n) is 10.7. The zero-order valence-corrected chi connectivity index (χ0v) is 17.7. The van der Waals surface area contributed by atoms with Gasteiger partial charge in [0.05, 0.1) is 12.3 Å². The van der Waals surface area contributed by atoms with Crippen molar-refractivity contribution in [3.05, 3.63) is 95.3 Å². The fourth-order valence-electron chi connectivity index (χ4n) is 4.00. The number of hydrogen-bond donors (Lipinski definition) is 2. The van der Waals surface area contributed by atoms with Crippen LogP contribution < -0.4 is 10.2 Å². The number of carboxylic acids is 1. The lowest BCUT2D eigenvalue weighted by Crippen LogP contribution is -2.21. The predicted molar refractivity (Wildman–Crippen MR) is 123 cm³/mol. The van der Waals surface area contributed by atoms with E-state index in [2.05, 4.69) is 16.5 Å². The Morgan fingerprint density at radius 3 is 2.78 bits per heavy atom. The average molecular weight is 431 g/mol. The van der Waals surface area contributed by atoms with E-state index in [1.807, 2.05) is 60.7 Å². The van der Waals surface area contributed by atoms with Crippen molar-refractivity contribution in [2.75, 3.05) is 13.2 Å². The maximum absolute atomic E-state index is 10.9. The molecule has 0 radical (unpaired) electrons. The molecule has 1 aliphatic carbocycles. The highest BCUT2D eigenvalue weighted by molar-refractivity contribution is 5.79. The van der Waals surface area contributed by atoms with Crippen LogP contribution in [0.1, 0.15) is 41.0 Å². The van der Waals surface area contributed by atoms with Gasteiger partial charge < -0.3 is 9.84 Å². The van der Waals surface area contributed by atoms with Gasteiger partial charge in [-0.25, -0.2) is 4.79 Å². The Bertz CT molecular complexity index is 1070. The van der Waals surface area contributed by atoms with Crippen LogP contribution in [-0.2, 0) is 16.1 Å². The maximum Gasteiger partial charge on any atom is 0.341 e. The van der Waals surface area contributed by atoms with Crippen LogP contribution in [0.3, 0.4) is 0 Å². The molecule has 0 bridgehead atoms. The molecule has 0 amide bonds. The van der Waals surface area contributed by atoms with E-state index < -0.39 is 5.97 Å². The van der Waals surface area contributed by atoms with Crippen LogP contribution in [0.5, 0.6) is 5.75 Å². The summed E-state index contributed by atoms with van der Waals surface area (Å²) in [5.74, 6) is -0.115. The SMILES string of the molecule is O=C(O)COc1cccc2c1CCCC2CONC(=Cc1cccnc1)c1ccccc1. The quantitative estimate of drug-likeness (QED) is 0.480. The number of nitrogens with one attached hydrogen (secondary N) is 1. The van der Waals surface area contributed by atoms with Gasteiger partial charge in [-0.2, -0.15) is 0 Å². The number of nitrogens with zero attached hydrogens (tertiary/aromatic N) is 1. The van der Waals surface area contributed by atoms with Crippen LogP contribution in [0.2, 0.25) is 0 Å². The van der Waals surface area contributed by atoms with Gasteiger partial charge in [-0.05, 0) is 59.7 Å². The molecule has 1 aliphatic rings. The largest absolute Gasteiger partial charge is 0.482 e. The van der Waals surface area contributed by atoms with Crippen LogP contribution in [0.25, 0.3) is 11.8 Å². The predicted octanol–water partition coefficient (Wildman–Crippen LogP) is 4.68. The molecule has 0 fully saturated rings. The third-order valence-electron chi connectivity index (χ3n) is 5.49. The summed E-state index contributed by atoms with van der Waals surface area (Å²) in [6.07, 6.45) is 8.45. The summed E-state index contributed by atoms with van der Waals surface area (Å²) in [7, 11) is 0. The molecule has 32 heavy (non-hydrogen) atoms. The molecule has 1 atom stereocenters. The van der Waals surface area contributed by atoms with E-state index in [4.69, 9.17) is 14.7 Å². The van der Waals surface area contributed by atoms with Crippen molar-refractivity contribution in [1.29, 1.82) is 0 Å². The van der Waals surface area contributed by atoms with Crippen LogP contribution in [0.4, 0.5) is 0 Å². The molecule has 6 heteroatoms. The number of fused-ring (bicyclic) bond motifs is 1. The molecule has 1 aromatic heterocycles. The van der Waals surface area contributed by atoms with E-state index >= 15 is 0 Å². The second-order valence-corrected chi connectivity index (χ2v) is 7.72. The third-order valence-corrected chi connectivity index (χ3v) is 5.49. The van der Waals surface area contributed by atoms with E-state index in [0.717, 1.165) is 41.6 Å². The van der Waals surface area contributed by atoms with Gasteiger partial charge in [0.15, 0.2) is 6.61 Å². The number of carbonyl (C=O) groups is 1. The van der Waals surface area contributed by atoms with Crippen LogP contribution in [-0.4, -0.2) is 29.3 Å². The number of rotatable bonds is 9. The molecule has 2 N–H and O–H groups in total. The lowest BCUT2D eigenvalue weighted by atomic mass is 9.83. The first-order chi connectivity index (χ1) is 15.7. The summed E-state index contributed by atoms with van der Waals surface area (Å²) in [5.41, 5.74) is 8.24. The van der Waals surface area contributed by atoms with E-state index in [1.54, 1.807) is 12.4 Å². The Balaban J connectivity index is 1.47. The molecule has 4 rings (SSSR count). The summed E-state index contributed by atoms with van der Waals surface area (Å²) in [5, 5.41) is 8.94. The number of hydroxylamine groups is 1. The summed E-state index contributed by atoms with van der Waals surface area (Å²) in [6, 6.07) is 19.8. The first-order valence-corrected chi connectivity index (χ1v) is 10.7. The van der Waals surface area contributed by atoms with E-state index in [0.29, 0.717) is 12.4 Å². The van der Waals surface area contributed by atoms with Crippen molar-refractivity contribution >= 4 is 17.7 Å². The molecule has 0 spiro atoms. The van der Waals surface area contributed by atoms with Gasteiger partial charge in [0.2, 0.25) is 0 Å². The fraction of sp³-hybridized carbons (Fsp3) is 0.231. The zero-order chi connectivity index (χ0) is 22.2. The Morgan fingerprint density at radius 1 is 1.12 bits per heavy atom. The third kappa shape index (κ3) is 5.53. The number of carboxylic acid groups (broad SMARTS) is 1. The molecular formula is C26H26N2O4. The van der Waals surface area contributed by atoms with Crippen molar-refractivity contribution in [3.8, 4) is 5.75 Å². The number of ether oxygens (including phenoxy) is 1. The number of hydrogen-bond acceptors (Lipinski definition) is 5. The van der Waals surface area contributed by atoms with Gasteiger partial charge >= 0.3 is 5.97 Å². The van der Waals surface area contributed by atoms with Gasteiger partial charge in [0.1, 0.15) is 5.75 Å². The van der Waals surface area contributed by atoms with Gasteiger partial charge in [0, 0.05) is 18.3 Å². The van der Waals surface area contributed by atoms with Crippen molar-refractivity contribution < 1.29 is 19.5 Å². The topological polar surface area (TPSA) is 80.7 Å². The second kappa shape index (κ2) is 10.6. The Morgan fingerprint density at radius 2 is 2.00 bits per heavy atom. The molecule has 6 nitrogen and oxygen atoms in total. The van der Waals surface area contributed by atoms with Gasteiger partial charge in [-0.15, -0.1) is 0 Å². The average Bonchev–Trinajstić information content (AvgIpc) is 2.83. The monoisotopic (exact) mass is 430 g/mol. The highest BCUT2D eigenvalue weighted by Gasteiger charge is 2.23. The van der Waals surface area contributed by atoms with Gasteiger partial charge in [0.25, 0.3) is 0 Å². The molecule has 164 valence electrons. The lowest BCUT2D eigenvalue weighted by Gasteiger charge is -2.27. The smallest absolute Gasteiger partial charge is 0.341 e. The zero-order valence-electron chi connectivity index (χ0n) is 17.7. The maximum atomic E-state index is 10.9. The molecular weight excluding hydrogens is 404 g/mol. The number of aromatic nitrogens is 1. The number of pyridine rings is 1. The van der Waals surface area contributed by atoms with E-state index in [-0.39, 0.29) is 12.5 Å². The minimum absolute atomic E-state index is 0.204.